The number of pyridine rings is 2. The first-order valence-corrected chi connectivity index (χ1v) is 7.92. The van der Waals surface area contributed by atoms with Gasteiger partial charge >= 0.3 is 12.3 Å². The average Bonchev–Trinajstić information content (AvgIpc) is 3.07. The molecule has 11 heteroatoms. The van der Waals surface area contributed by atoms with Gasteiger partial charge in [-0.1, -0.05) is 0 Å². The van der Waals surface area contributed by atoms with E-state index in [1.54, 1.807) is 36.3 Å². The number of hydrogen-bond acceptors (Lipinski definition) is 6. The highest BCUT2D eigenvalue weighted by molar-refractivity contribution is 5.88. The maximum absolute atomic E-state index is 13.8. The fourth-order valence-corrected chi connectivity index (χ4v) is 2.62. The van der Waals surface area contributed by atoms with Crippen molar-refractivity contribution in [2.75, 3.05) is 5.32 Å². The van der Waals surface area contributed by atoms with E-state index in [4.69, 9.17) is 0 Å². The van der Waals surface area contributed by atoms with Crippen LogP contribution in [0.25, 0.3) is 22.4 Å². The smallest absolute Gasteiger partial charge is 0.338 e. The molecular weight excluding hydrogens is 378 g/mol. The zero-order valence-electron chi connectivity index (χ0n) is 14.2. The van der Waals surface area contributed by atoms with Gasteiger partial charge in [-0.2, -0.15) is 22.5 Å². The summed E-state index contributed by atoms with van der Waals surface area (Å²) in [7, 11) is 1.78. The van der Waals surface area contributed by atoms with Crippen molar-refractivity contribution >= 4 is 22.5 Å². The van der Waals surface area contributed by atoms with Crippen molar-refractivity contribution in [2.24, 2.45) is 7.05 Å². The number of nitrogens with zero attached hydrogens (tertiary/aromatic N) is 6. The zero-order chi connectivity index (χ0) is 19.9. The number of nitrogens with one attached hydrogen (secondary N) is 1. The minimum atomic E-state index is -4.61. The highest BCUT2D eigenvalue weighted by Crippen LogP contribution is 2.30. The van der Waals surface area contributed by atoms with Crippen molar-refractivity contribution in [1.82, 2.24) is 29.5 Å². The first-order chi connectivity index (χ1) is 13.3. The number of hydrogen-bond donors (Lipinski definition) is 1. The van der Waals surface area contributed by atoms with Gasteiger partial charge in [0.15, 0.2) is 5.82 Å². The Balaban J connectivity index is 1.81. The maximum atomic E-state index is 13.8. The highest BCUT2D eigenvalue weighted by atomic mass is 19.4. The molecule has 28 heavy (non-hydrogen) atoms. The largest absolute Gasteiger partial charge is 0.433 e. The van der Waals surface area contributed by atoms with Gasteiger partial charge in [-0.05, 0) is 24.3 Å². The fourth-order valence-electron chi connectivity index (χ4n) is 2.62. The fraction of sp³-hybridized carbons (Fsp3) is 0.118. The van der Waals surface area contributed by atoms with E-state index < -0.39 is 17.9 Å². The van der Waals surface area contributed by atoms with E-state index in [2.05, 4.69) is 30.2 Å². The molecule has 0 spiro atoms. The molecule has 0 saturated heterocycles. The van der Waals surface area contributed by atoms with Crippen LogP contribution in [0.3, 0.4) is 0 Å². The summed E-state index contributed by atoms with van der Waals surface area (Å²) >= 11 is 0. The van der Waals surface area contributed by atoms with Crippen LogP contribution < -0.4 is 5.32 Å². The van der Waals surface area contributed by atoms with Gasteiger partial charge in [-0.25, -0.2) is 15.0 Å². The number of anilines is 2. The van der Waals surface area contributed by atoms with E-state index in [0.29, 0.717) is 11.4 Å². The normalized spacial score (nSPS) is 11.8. The number of fused-ring (bicyclic) bond motifs is 1. The van der Waals surface area contributed by atoms with Crippen molar-refractivity contribution in [2.45, 2.75) is 6.18 Å². The second-order valence-corrected chi connectivity index (χ2v) is 5.85. The molecule has 0 unspecified atom stereocenters. The Bertz CT molecular complexity index is 1170. The average molecular weight is 389 g/mol. The Morgan fingerprint density at radius 1 is 1.07 bits per heavy atom. The lowest BCUT2D eigenvalue weighted by Gasteiger charge is -2.11. The lowest BCUT2D eigenvalue weighted by Crippen LogP contribution is -2.08. The standard InChI is InChI=1S/C17H11F4N7/c1-28-8-22-7-12(28)10-2-3-11-14(25-10)15(27-16(18)26-11)24-9-4-5-23-13(6-9)17(19,20)21/h2-8H,1H3,(H,23,24,26,27). The van der Waals surface area contributed by atoms with Crippen LogP contribution in [0.4, 0.5) is 29.1 Å². The predicted molar refractivity (Wildman–Crippen MR) is 92.0 cm³/mol. The number of halogens is 4. The summed E-state index contributed by atoms with van der Waals surface area (Å²) in [5, 5.41) is 2.67. The third-order valence-corrected chi connectivity index (χ3v) is 3.91. The van der Waals surface area contributed by atoms with Crippen LogP contribution >= 0.6 is 0 Å². The number of imidazole rings is 1. The van der Waals surface area contributed by atoms with Crippen LogP contribution in [-0.4, -0.2) is 29.5 Å². The van der Waals surface area contributed by atoms with E-state index in [1.807, 2.05) is 0 Å². The summed E-state index contributed by atoms with van der Waals surface area (Å²) in [6.07, 6.45) is -1.45. The first-order valence-electron chi connectivity index (χ1n) is 7.92. The monoisotopic (exact) mass is 389 g/mol. The number of aryl methyl sites for hydroxylation is 1. The quantitative estimate of drug-likeness (QED) is 0.425. The van der Waals surface area contributed by atoms with Crippen molar-refractivity contribution in [1.29, 1.82) is 0 Å². The minimum Gasteiger partial charge on any atom is -0.338 e. The molecule has 7 nitrogen and oxygen atoms in total. The van der Waals surface area contributed by atoms with Gasteiger partial charge in [-0.3, -0.25) is 4.98 Å². The van der Waals surface area contributed by atoms with E-state index in [1.165, 1.54) is 6.07 Å². The van der Waals surface area contributed by atoms with Gasteiger partial charge in [-0.15, -0.1) is 0 Å². The summed E-state index contributed by atoms with van der Waals surface area (Å²) < 4.78 is 54.2. The molecule has 4 aromatic heterocycles. The molecule has 0 aliphatic rings. The van der Waals surface area contributed by atoms with Gasteiger partial charge in [0.25, 0.3) is 0 Å². The number of aromatic nitrogens is 6. The second-order valence-electron chi connectivity index (χ2n) is 5.85. The van der Waals surface area contributed by atoms with Crippen molar-refractivity contribution in [3.63, 3.8) is 0 Å². The van der Waals surface area contributed by atoms with Crippen LogP contribution in [0.1, 0.15) is 5.69 Å². The lowest BCUT2D eigenvalue weighted by atomic mass is 10.2. The van der Waals surface area contributed by atoms with Gasteiger partial charge in [0.05, 0.1) is 29.4 Å². The van der Waals surface area contributed by atoms with Gasteiger partial charge in [0.2, 0.25) is 0 Å². The first kappa shape index (κ1) is 17.8. The highest BCUT2D eigenvalue weighted by Gasteiger charge is 2.32. The van der Waals surface area contributed by atoms with Crippen LogP contribution in [-0.2, 0) is 13.2 Å². The summed E-state index contributed by atoms with van der Waals surface area (Å²) in [4.78, 5) is 19.1. The Kier molecular flexibility index (Phi) is 4.13. The van der Waals surface area contributed by atoms with E-state index >= 15 is 0 Å². The molecule has 0 bridgehead atoms. The molecule has 0 aliphatic heterocycles. The molecule has 142 valence electrons. The van der Waals surface area contributed by atoms with E-state index in [-0.39, 0.29) is 22.5 Å². The molecule has 0 saturated carbocycles. The maximum Gasteiger partial charge on any atom is 0.433 e. The number of alkyl halides is 3. The van der Waals surface area contributed by atoms with Crippen LogP contribution in [0.2, 0.25) is 0 Å². The Hall–Kier alpha value is -3.63. The summed E-state index contributed by atoms with van der Waals surface area (Å²) in [6, 6.07) is 5.31. The Morgan fingerprint density at radius 2 is 1.89 bits per heavy atom. The van der Waals surface area contributed by atoms with E-state index in [9.17, 15) is 17.6 Å². The third-order valence-electron chi connectivity index (χ3n) is 3.91. The molecular formula is C17H11F4N7. The topological polar surface area (TPSA) is 81.4 Å². The summed E-state index contributed by atoms with van der Waals surface area (Å²) in [5.74, 6) is -0.0640. The molecule has 0 fully saturated rings. The molecule has 4 aromatic rings. The van der Waals surface area contributed by atoms with Crippen LogP contribution in [0.15, 0.2) is 43.0 Å². The van der Waals surface area contributed by atoms with Crippen LogP contribution in [0.5, 0.6) is 0 Å². The van der Waals surface area contributed by atoms with Gasteiger partial charge < -0.3 is 9.88 Å². The van der Waals surface area contributed by atoms with Crippen molar-refractivity contribution in [3.8, 4) is 11.4 Å². The van der Waals surface area contributed by atoms with E-state index in [0.717, 1.165) is 12.3 Å². The van der Waals surface area contributed by atoms with Crippen molar-refractivity contribution < 1.29 is 17.6 Å². The molecule has 4 rings (SSSR count). The second kappa shape index (κ2) is 6.51. The lowest BCUT2D eigenvalue weighted by molar-refractivity contribution is -0.141. The molecule has 0 amide bonds. The summed E-state index contributed by atoms with van der Waals surface area (Å²) in [6.45, 7) is 0. The third kappa shape index (κ3) is 3.33. The predicted octanol–water partition coefficient (Wildman–Crippen LogP) is 3.72. The number of rotatable bonds is 3. The molecule has 0 aliphatic carbocycles. The van der Waals surface area contributed by atoms with Crippen molar-refractivity contribution in [3.05, 3.63) is 54.8 Å². The zero-order valence-corrected chi connectivity index (χ0v) is 14.2. The molecule has 1 N–H and O–H groups in total. The van der Waals surface area contributed by atoms with Gasteiger partial charge in [0, 0.05) is 18.9 Å². The van der Waals surface area contributed by atoms with Gasteiger partial charge in [0.1, 0.15) is 11.2 Å². The Labute approximate surface area is 155 Å². The van der Waals surface area contributed by atoms with Crippen LogP contribution in [0, 0.1) is 6.08 Å². The Morgan fingerprint density at radius 3 is 2.61 bits per heavy atom. The molecule has 4 heterocycles. The molecule has 0 radical (unpaired) electrons. The summed E-state index contributed by atoms with van der Waals surface area (Å²) in [5.41, 5.74) is 0.572. The molecule has 0 aromatic carbocycles. The minimum absolute atomic E-state index is 0.0365. The SMILES string of the molecule is Cn1cncc1-c1ccc2nc(F)nc(Nc3ccnc(C(F)(F)F)c3)c2n1. The molecule has 0 atom stereocenters.